The Labute approximate surface area is 112 Å². The van der Waals surface area contributed by atoms with E-state index in [1.807, 2.05) is 38.1 Å². The summed E-state index contributed by atoms with van der Waals surface area (Å²) in [4.78, 5) is 11.7. The molecule has 0 radical (unpaired) electrons. The summed E-state index contributed by atoms with van der Waals surface area (Å²) in [6.07, 6.45) is 0.773. The zero-order valence-corrected chi connectivity index (χ0v) is 11.2. The van der Waals surface area contributed by atoms with Crippen LogP contribution in [-0.4, -0.2) is 11.1 Å². The largest absolute Gasteiger partial charge is 0.507 e. The van der Waals surface area contributed by atoms with Gasteiger partial charge in [0.25, 0.3) is 0 Å². The Morgan fingerprint density at radius 2 is 1.89 bits per heavy atom. The lowest BCUT2D eigenvalue weighted by Crippen LogP contribution is -2.13. The fourth-order valence-corrected chi connectivity index (χ4v) is 1.93. The molecule has 1 unspecified atom stereocenters. The molecule has 0 aromatic heterocycles. The standard InChI is InChI=1S/C16H18O3/c1-3-11(2)16(18)19-10-12-8-9-15(17)14-7-5-4-6-13(12)14/h4-9,11,17H,3,10H2,1-2H3. The monoisotopic (exact) mass is 258 g/mol. The molecule has 1 atom stereocenters. The molecule has 0 bridgehead atoms. The van der Waals surface area contributed by atoms with Crippen LogP contribution in [0.1, 0.15) is 25.8 Å². The normalized spacial score (nSPS) is 12.3. The number of carbonyl (C=O) groups excluding carboxylic acids is 1. The average Bonchev–Trinajstić information content (AvgIpc) is 2.45. The van der Waals surface area contributed by atoms with E-state index >= 15 is 0 Å². The first-order valence-corrected chi connectivity index (χ1v) is 6.49. The molecule has 3 heteroatoms. The van der Waals surface area contributed by atoms with Gasteiger partial charge in [0, 0.05) is 5.39 Å². The maximum Gasteiger partial charge on any atom is 0.308 e. The molecule has 19 heavy (non-hydrogen) atoms. The van der Waals surface area contributed by atoms with Gasteiger partial charge in [-0.15, -0.1) is 0 Å². The maximum absolute atomic E-state index is 11.7. The van der Waals surface area contributed by atoms with Gasteiger partial charge < -0.3 is 9.84 Å². The summed E-state index contributed by atoms with van der Waals surface area (Å²) in [5.41, 5.74) is 0.907. The number of phenolic OH excluding ortho intramolecular Hbond substituents is 1. The van der Waals surface area contributed by atoms with E-state index in [9.17, 15) is 9.90 Å². The second-order valence-electron chi connectivity index (χ2n) is 4.71. The zero-order chi connectivity index (χ0) is 13.8. The summed E-state index contributed by atoms with van der Waals surface area (Å²) >= 11 is 0. The maximum atomic E-state index is 11.7. The molecule has 0 saturated heterocycles. The Bertz CT molecular complexity index is 590. The molecular weight excluding hydrogens is 240 g/mol. The van der Waals surface area contributed by atoms with Crippen LogP contribution in [-0.2, 0) is 16.1 Å². The highest BCUT2D eigenvalue weighted by molar-refractivity contribution is 5.90. The predicted molar refractivity (Wildman–Crippen MR) is 74.9 cm³/mol. The van der Waals surface area contributed by atoms with Crippen molar-refractivity contribution in [3.63, 3.8) is 0 Å². The first-order valence-electron chi connectivity index (χ1n) is 6.49. The number of rotatable bonds is 4. The van der Waals surface area contributed by atoms with Crippen LogP contribution >= 0.6 is 0 Å². The highest BCUT2D eigenvalue weighted by Gasteiger charge is 2.13. The van der Waals surface area contributed by atoms with Crippen molar-refractivity contribution < 1.29 is 14.6 Å². The Hall–Kier alpha value is -2.03. The van der Waals surface area contributed by atoms with Gasteiger partial charge in [-0.1, -0.05) is 44.2 Å². The molecule has 100 valence electrons. The highest BCUT2D eigenvalue weighted by Crippen LogP contribution is 2.27. The van der Waals surface area contributed by atoms with Gasteiger partial charge in [0.05, 0.1) is 5.92 Å². The van der Waals surface area contributed by atoms with Crippen molar-refractivity contribution in [2.45, 2.75) is 26.9 Å². The first kappa shape index (κ1) is 13.4. The molecule has 0 aliphatic carbocycles. The van der Waals surface area contributed by atoms with Crippen molar-refractivity contribution in [2.24, 2.45) is 5.92 Å². The summed E-state index contributed by atoms with van der Waals surface area (Å²) in [6, 6.07) is 11.0. The van der Waals surface area contributed by atoms with Crippen molar-refractivity contribution in [1.82, 2.24) is 0 Å². The van der Waals surface area contributed by atoms with Gasteiger partial charge in [-0.05, 0) is 23.4 Å². The third-order valence-corrected chi connectivity index (χ3v) is 3.38. The fourth-order valence-electron chi connectivity index (χ4n) is 1.93. The number of benzene rings is 2. The number of carbonyl (C=O) groups is 1. The molecule has 0 amide bonds. The van der Waals surface area contributed by atoms with E-state index in [2.05, 4.69) is 0 Å². The molecular formula is C16H18O3. The molecule has 2 aromatic rings. The lowest BCUT2D eigenvalue weighted by molar-refractivity contribution is -0.149. The van der Waals surface area contributed by atoms with E-state index in [4.69, 9.17) is 4.74 Å². The van der Waals surface area contributed by atoms with Crippen LogP contribution in [0, 0.1) is 5.92 Å². The summed E-state index contributed by atoms with van der Waals surface area (Å²) < 4.78 is 5.31. The minimum Gasteiger partial charge on any atom is -0.507 e. The number of esters is 1. The number of phenols is 1. The van der Waals surface area contributed by atoms with Gasteiger partial charge in [-0.2, -0.15) is 0 Å². The van der Waals surface area contributed by atoms with E-state index in [1.54, 1.807) is 12.1 Å². The lowest BCUT2D eigenvalue weighted by atomic mass is 10.0. The van der Waals surface area contributed by atoms with Crippen LogP contribution < -0.4 is 0 Å². The Balaban J connectivity index is 2.22. The number of aromatic hydroxyl groups is 1. The van der Waals surface area contributed by atoms with Crippen LogP contribution in [0.25, 0.3) is 10.8 Å². The third kappa shape index (κ3) is 2.87. The Morgan fingerprint density at radius 3 is 2.58 bits per heavy atom. The van der Waals surface area contributed by atoms with Gasteiger partial charge in [-0.25, -0.2) is 0 Å². The molecule has 2 rings (SSSR count). The summed E-state index contributed by atoms with van der Waals surface area (Å²) in [6.45, 7) is 4.06. The molecule has 0 fully saturated rings. The van der Waals surface area contributed by atoms with E-state index in [1.165, 1.54) is 0 Å². The molecule has 0 saturated carbocycles. The van der Waals surface area contributed by atoms with Gasteiger partial charge >= 0.3 is 5.97 Å². The minimum absolute atomic E-state index is 0.0802. The molecule has 0 heterocycles. The smallest absolute Gasteiger partial charge is 0.308 e. The van der Waals surface area contributed by atoms with Crippen LogP contribution in [0.3, 0.4) is 0 Å². The zero-order valence-electron chi connectivity index (χ0n) is 11.2. The number of hydrogen-bond donors (Lipinski definition) is 1. The summed E-state index contributed by atoms with van der Waals surface area (Å²) in [5, 5.41) is 11.5. The number of fused-ring (bicyclic) bond motifs is 1. The quantitative estimate of drug-likeness (QED) is 0.852. The topological polar surface area (TPSA) is 46.5 Å². The van der Waals surface area contributed by atoms with E-state index in [0.717, 1.165) is 22.8 Å². The summed E-state index contributed by atoms with van der Waals surface area (Å²) in [5.74, 6) is -0.0179. The van der Waals surface area contributed by atoms with Crippen molar-refractivity contribution >= 4 is 16.7 Å². The fraction of sp³-hybridized carbons (Fsp3) is 0.312. The van der Waals surface area contributed by atoms with Crippen LogP contribution in [0.4, 0.5) is 0 Å². The number of ether oxygens (including phenoxy) is 1. The van der Waals surface area contributed by atoms with Crippen molar-refractivity contribution in [2.75, 3.05) is 0 Å². The second kappa shape index (κ2) is 5.74. The first-order chi connectivity index (χ1) is 9.13. The molecule has 0 spiro atoms. The van der Waals surface area contributed by atoms with Crippen molar-refractivity contribution in [3.05, 3.63) is 42.0 Å². The molecule has 3 nitrogen and oxygen atoms in total. The Morgan fingerprint density at radius 1 is 1.21 bits per heavy atom. The predicted octanol–water partition coefficient (Wildman–Crippen LogP) is 3.63. The van der Waals surface area contributed by atoms with Crippen molar-refractivity contribution in [3.8, 4) is 5.75 Å². The highest BCUT2D eigenvalue weighted by atomic mass is 16.5. The van der Waals surface area contributed by atoms with Gasteiger partial charge in [0.1, 0.15) is 12.4 Å². The van der Waals surface area contributed by atoms with E-state index in [0.29, 0.717) is 0 Å². The average molecular weight is 258 g/mol. The molecule has 2 aromatic carbocycles. The van der Waals surface area contributed by atoms with Crippen molar-refractivity contribution in [1.29, 1.82) is 0 Å². The van der Waals surface area contributed by atoms with E-state index < -0.39 is 0 Å². The lowest BCUT2D eigenvalue weighted by Gasteiger charge is -2.11. The van der Waals surface area contributed by atoms with Crippen LogP contribution in [0.2, 0.25) is 0 Å². The van der Waals surface area contributed by atoms with Crippen LogP contribution in [0.5, 0.6) is 5.75 Å². The van der Waals surface area contributed by atoms with Gasteiger partial charge in [0.15, 0.2) is 0 Å². The minimum atomic E-state index is -0.181. The number of hydrogen-bond acceptors (Lipinski definition) is 3. The third-order valence-electron chi connectivity index (χ3n) is 3.38. The Kier molecular flexibility index (Phi) is 4.05. The van der Waals surface area contributed by atoms with E-state index in [-0.39, 0.29) is 24.2 Å². The summed E-state index contributed by atoms with van der Waals surface area (Å²) in [7, 11) is 0. The molecule has 0 aliphatic heterocycles. The van der Waals surface area contributed by atoms with Gasteiger partial charge in [-0.3, -0.25) is 4.79 Å². The van der Waals surface area contributed by atoms with Gasteiger partial charge in [0.2, 0.25) is 0 Å². The second-order valence-corrected chi connectivity index (χ2v) is 4.71. The SMILES string of the molecule is CCC(C)C(=O)OCc1ccc(O)c2ccccc12. The molecule has 1 N–H and O–H groups in total. The molecule has 0 aliphatic rings. The van der Waals surface area contributed by atoms with Crippen LogP contribution in [0.15, 0.2) is 36.4 Å².